The Hall–Kier alpha value is -1.47. The zero-order chi connectivity index (χ0) is 17.9. The van der Waals surface area contributed by atoms with Gasteiger partial charge >= 0.3 is 5.97 Å². The number of benzene rings is 1. The van der Waals surface area contributed by atoms with E-state index >= 15 is 0 Å². The number of hydrogen-bond donors (Lipinski definition) is 0. The van der Waals surface area contributed by atoms with Crippen molar-refractivity contribution in [1.29, 1.82) is 0 Å². The highest BCUT2D eigenvalue weighted by molar-refractivity contribution is 5.69. The third-order valence-corrected chi connectivity index (χ3v) is 3.97. The predicted octanol–water partition coefficient (Wildman–Crippen LogP) is 2.69. The van der Waals surface area contributed by atoms with Gasteiger partial charge in [0.15, 0.2) is 0 Å². The molecular weight excluding hydrogens is 324 g/mol. The molecule has 1 saturated heterocycles. The average Bonchev–Trinajstić information content (AvgIpc) is 2.61. The van der Waals surface area contributed by atoms with E-state index < -0.39 is 0 Å². The van der Waals surface area contributed by atoms with Gasteiger partial charge in [0.2, 0.25) is 0 Å². The fraction of sp³-hybridized carbons (Fsp3) is 0.632. The van der Waals surface area contributed by atoms with Crippen molar-refractivity contribution < 1.29 is 28.5 Å². The van der Waals surface area contributed by atoms with Crippen molar-refractivity contribution in [3.8, 4) is 0 Å². The Morgan fingerprint density at radius 1 is 1.20 bits per heavy atom. The summed E-state index contributed by atoms with van der Waals surface area (Å²) in [6.07, 6.45) is 1.32. The Morgan fingerprint density at radius 3 is 2.68 bits per heavy atom. The Balaban J connectivity index is 1.88. The van der Waals surface area contributed by atoms with Crippen LogP contribution in [0.3, 0.4) is 0 Å². The van der Waals surface area contributed by atoms with E-state index in [4.69, 9.17) is 23.7 Å². The summed E-state index contributed by atoms with van der Waals surface area (Å²) in [4.78, 5) is 11.8. The lowest BCUT2D eigenvalue weighted by molar-refractivity contribution is -0.166. The summed E-state index contributed by atoms with van der Waals surface area (Å²) in [6.45, 7) is 3.35. The van der Waals surface area contributed by atoms with Crippen LogP contribution in [-0.4, -0.2) is 51.4 Å². The normalized spacial score (nSPS) is 23.4. The van der Waals surface area contributed by atoms with Gasteiger partial charge in [-0.15, -0.1) is 0 Å². The van der Waals surface area contributed by atoms with E-state index in [-0.39, 0.29) is 37.5 Å². The number of carbonyl (C=O) groups is 1. The number of esters is 1. The molecule has 0 bridgehead atoms. The predicted molar refractivity (Wildman–Crippen MR) is 92.0 cm³/mol. The second-order valence-electron chi connectivity index (χ2n) is 6.06. The van der Waals surface area contributed by atoms with Gasteiger partial charge in [0.1, 0.15) is 6.79 Å². The summed E-state index contributed by atoms with van der Waals surface area (Å²) < 4.78 is 27.4. The molecule has 1 aromatic rings. The van der Waals surface area contributed by atoms with E-state index in [9.17, 15) is 4.79 Å². The van der Waals surface area contributed by atoms with E-state index in [1.165, 1.54) is 0 Å². The van der Waals surface area contributed by atoms with Crippen LogP contribution in [0, 0.1) is 0 Å². The molecule has 0 aromatic heterocycles. The van der Waals surface area contributed by atoms with Gasteiger partial charge in [0.25, 0.3) is 0 Å². The van der Waals surface area contributed by atoms with Crippen molar-refractivity contribution >= 4 is 5.97 Å². The van der Waals surface area contributed by atoms with E-state index in [0.717, 1.165) is 12.0 Å². The molecule has 0 radical (unpaired) electrons. The zero-order valence-electron chi connectivity index (χ0n) is 15.0. The molecule has 0 amide bonds. The zero-order valence-corrected chi connectivity index (χ0v) is 15.0. The molecule has 1 fully saturated rings. The lowest BCUT2D eigenvalue weighted by Crippen LogP contribution is -2.40. The molecule has 6 nitrogen and oxygen atoms in total. The standard InChI is InChI=1S/C19H28O6/c1-3-23-19(20)11-17-9-16(10-18(25-17)13-22-14-21-2)24-12-15-7-5-4-6-8-15/h4-8,16-18H,3,9-14H2,1-2H3/t16-,17+,18-/m1/s1. The van der Waals surface area contributed by atoms with Crippen LogP contribution in [0.4, 0.5) is 0 Å². The first kappa shape index (κ1) is 19.8. The largest absolute Gasteiger partial charge is 0.466 e. The van der Waals surface area contributed by atoms with Gasteiger partial charge in [-0.25, -0.2) is 0 Å². The second kappa shape index (κ2) is 11.2. The molecule has 1 aliphatic heterocycles. The minimum Gasteiger partial charge on any atom is -0.466 e. The van der Waals surface area contributed by atoms with Crippen molar-refractivity contribution in [1.82, 2.24) is 0 Å². The summed E-state index contributed by atoms with van der Waals surface area (Å²) in [5.74, 6) is -0.243. The molecule has 6 heteroatoms. The van der Waals surface area contributed by atoms with Crippen molar-refractivity contribution in [2.75, 3.05) is 27.1 Å². The van der Waals surface area contributed by atoms with Crippen molar-refractivity contribution in [2.24, 2.45) is 0 Å². The molecule has 0 N–H and O–H groups in total. The second-order valence-corrected chi connectivity index (χ2v) is 6.06. The van der Waals surface area contributed by atoms with Gasteiger partial charge in [-0.1, -0.05) is 30.3 Å². The first-order valence-electron chi connectivity index (χ1n) is 8.74. The molecule has 0 spiro atoms. The van der Waals surface area contributed by atoms with Gasteiger partial charge in [-0.05, 0) is 12.5 Å². The topological polar surface area (TPSA) is 63.2 Å². The summed E-state index contributed by atoms with van der Waals surface area (Å²) >= 11 is 0. The van der Waals surface area contributed by atoms with Crippen LogP contribution >= 0.6 is 0 Å². The molecule has 3 atom stereocenters. The molecule has 1 heterocycles. The quantitative estimate of drug-likeness (QED) is 0.366. The van der Waals surface area contributed by atoms with Gasteiger partial charge in [-0.3, -0.25) is 4.79 Å². The monoisotopic (exact) mass is 352 g/mol. The smallest absolute Gasteiger partial charge is 0.308 e. The molecule has 0 unspecified atom stereocenters. The first-order valence-corrected chi connectivity index (χ1v) is 8.74. The van der Waals surface area contributed by atoms with Crippen LogP contribution in [0.2, 0.25) is 0 Å². The SMILES string of the molecule is CCOC(=O)C[C@@H]1C[C@@H](OCc2ccccc2)C[C@H](COCOC)O1. The summed E-state index contributed by atoms with van der Waals surface area (Å²) in [5.41, 5.74) is 1.13. The Bertz CT molecular complexity index is 492. The van der Waals surface area contributed by atoms with Crippen molar-refractivity contribution in [2.45, 2.75) is 51.1 Å². The first-order chi connectivity index (χ1) is 12.2. The van der Waals surface area contributed by atoms with Crippen LogP contribution in [0.25, 0.3) is 0 Å². The molecular formula is C19H28O6. The number of ether oxygens (including phenoxy) is 5. The van der Waals surface area contributed by atoms with E-state index in [1.807, 2.05) is 30.3 Å². The molecule has 2 rings (SSSR count). The average molecular weight is 352 g/mol. The Labute approximate surface area is 149 Å². The van der Waals surface area contributed by atoms with E-state index in [2.05, 4.69) is 0 Å². The van der Waals surface area contributed by atoms with Crippen LogP contribution in [0.15, 0.2) is 30.3 Å². The molecule has 140 valence electrons. The van der Waals surface area contributed by atoms with Crippen molar-refractivity contribution in [3.05, 3.63) is 35.9 Å². The fourth-order valence-electron chi connectivity index (χ4n) is 2.90. The maximum absolute atomic E-state index is 11.8. The van der Waals surface area contributed by atoms with Crippen LogP contribution in [0.5, 0.6) is 0 Å². The van der Waals surface area contributed by atoms with E-state index in [1.54, 1.807) is 14.0 Å². The van der Waals surface area contributed by atoms with E-state index in [0.29, 0.717) is 26.2 Å². The van der Waals surface area contributed by atoms with Gasteiger partial charge < -0.3 is 23.7 Å². The summed E-state index contributed by atoms with van der Waals surface area (Å²) in [7, 11) is 1.58. The molecule has 0 saturated carbocycles. The third kappa shape index (κ3) is 7.52. The third-order valence-electron chi connectivity index (χ3n) is 3.97. The maximum atomic E-state index is 11.8. The lowest BCUT2D eigenvalue weighted by Gasteiger charge is -2.35. The van der Waals surface area contributed by atoms with Gasteiger partial charge in [0.05, 0.1) is 44.6 Å². The summed E-state index contributed by atoms with van der Waals surface area (Å²) in [5, 5.41) is 0. The molecule has 1 aromatic carbocycles. The highest BCUT2D eigenvalue weighted by Gasteiger charge is 2.32. The number of methoxy groups -OCH3 is 1. The molecule has 25 heavy (non-hydrogen) atoms. The fourth-order valence-corrected chi connectivity index (χ4v) is 2.90. The summed E-state index contributed by atoms with van der Waals surface area (Å²) in [6, 6.07) is 10.0. The van der Waals surface area contributed by atoms with Gasteiger partial charge in [-0.2, -0.15) is 0 Å². The Kier molecular flexibility index (Phi) is 8.90. The maximum Gasteiger partial charge on any atom is 0.308 e. The minimum absolute atomic E-state index is 0.0181. The minimum atomic E-state index is -0.243. The lowest BCUT2D eigenvalue weighted by atomic mass is 9.99. The number of rotatable bonds is 10. The number of carbonyl (C=O) groups excluding carboxylic acids is 1. The van der Waals surface area contributed by atoms with Crippen molar-refractivity contribution in [3.63, 3.8) is 0 Å². The van der Waals surface area contributed by atoms with Crippen LogP contribution in [-0.2, 0) is 35.1 Å². The highest BCUT2D eigenvalue weighted by Crippen LogP contribution is 2.25. The molecule has 0 aliphatic carbocycles. The van der Waals surface area contributed by atoms with Gasteiger partial charge in [0, 0.05) is 20.0 Å². The highest BCUT2D eigenvalue weighted by atomic mass is 16.7. The van der Waals surface area contributed by atoms with Crippen LogP contribution in [0.1, 0.15) is 31.7 Å². The Morgan fingerprint density at radius 2 is 1.96 bits per heavy atom. The van der Waals surface area contributed by atoms with Crippen LogP contribution < -0.4 is 0 Å². The number of hydrogen-bond acceptors (Lipinski definition) is 6. The molecule has 1 aliphatic rings.